The second-order valence-corrected chi connectivity index (χ2v) is 3.73. The molecule has 0 amide bonds. The highest BCUT2D eigenvalue weighted by Crippen LogP contribution is 2.20. The van der Waals surface area contributed by atoms with Crippen LogP contribution in [0.25, 0.3) is 5.70 Å². The van der Waals surface area contributed by atoms with E-state index in [1.165, 1.54) is 0 Å². The lowest BCUT2D eigenvalue weighted by Crippen LogP contribution is -2.01. The summed E-state index contributed by atoms with van der Waals surface area (Å²) in [6, 6.07) is 9.67. The monoisotopic (exact) mass is 230 g/mol. The lowest BCUT2D eigenvalue weighted by molar-refractivity contribution is 0.317. The van der Waals surface area contributed by atoms with Crippen LogP contribution in [-0.4, -0.2) is 6.61 Å². The molecule has 0 aliphatic rings. The largest absolute Gasteiger partial charge is 0.494 e. The van der Waals surface area contributed by atoms with Gasteiger partial charge in [0.15, 0.2) is 0 Å². The third-order valence-corrected chi connectivity index (χ3v) is 2.43. The normalized spacial score (nSPS) is 11.6. The Bertz CT molecular complexity index is 444. The lowest BCUT2D eigenvalue weighted by atomic mass is 10.1. The molecular weight excluding hydrogens is 212 g/mol. The van der Waals surface area contributed by atoms with Crippen molar-refractivity contribution in [2.24, 2.45) is 5.73 Å². The van der Waals surface area contributed by atoms with Gasteiger partial charge in [0.1, 0.15) is 5.75 Å². The van der Waals surface area contributed by atoms with E-state index >= 15 is 0 Å². The van der Waals surface area contributed by atoms with E-state index in [0.717, 1.165) is 17.7 Å². The van der Waals surface area contributed by atoms with Gasteiger partial charge in [0, 0.05) is 5.56 Å². The Balaban J connectivity index is 2.99. The molecule has 17 heavy (non-hydrogen) atoms. The van der Waals surface area contributed by atoms with Crippen LogP contribution in [-0.2, 0) is 0 Å². The highest BCUT2D eigenvalue weighted by Gasteiger charge is 2.04. The molecule has 0 aliphatic carbocycles. The Morgan fingerprint density at radius 2 is 2.18 bits per heavy atom. The molecule has 3 heteroatoms. The maximum Gasteiger partial charge on any atom is 0.119 e. The van der Waals surface area contributed by atoms with Gasteiger partial charge in [-0.25, -0.2) is 0 Å². The molecule has 2 N–H and O–H groups in total. The van der Waals surface area contributed by atoms with Gasteiger partial charge in [-0.2, -0.15) is 5.26 Å². The Hall–Kier alpha value is -1.95. The van der Waals surface area contributed by atoms with Crippen LogP contribution in [0.3, 0.4) is 0 Å². The summed E-state index contributed by atoms with van der Waals surface area (Å²) in [5.41, 5.74) is 7.95. The topological polar surface area (TPSA) is 59.0 Å². The average Bonchev–Trinajstić information content (AvgIpc) is 2.38. The first kappa shape index (κ1) is 13.1. The number of rotatable bonds is 5. The van der Waals surface area contributed by atoms with Crippen molar-refractivity contribution >= 4 is 5.70 Å². The summed E-state index contributed by atoms with van der Waals surface area (Å²) in [5.74, 6) is 0.792. The fourth-order valence-electron chi connectivity index (χ4n) is 1.48. The number of allylic oxidation sites excluding steroid dienone is 1. The minimum absolute atomic E-state index is 0.539. The summed E-state index contributed by atoms with van der Waals surface area (Å²) in [6.45, 7) is 4.66. The van der Waals surface area contributed by atoms with E-state index in [1.54, 1.807) is 0 Å². The zero-order chi connectivity index (χ0) is 12.7. The van der Waals surface area contributed by atoms with E-state index in [0.29, 0.717) is 24.3 Å². The average molecular weight is 230 g/mol. The van der Waals surface area contributed by atoms with Crippen LogP contribution in [0.1, 0.15) is 32.3 Å². The molecule has 3 nitrogen and oxygen atoms in total. The number of nitrogens with two attached hydrogens (primary N) is 1. The molecule has 90 valence electrons. The molecular formula is C14H18N2O. The first-order valence-corrected chi connectivity index (χ1v) is 5.84. The van der Waals surface area contributed by atoms with Crippen molar-refractivity contribution in [1.29, 1.82) is 5.26 Å². The van der Waals surface area contributed by atoms with Crippen molar-refractivity contribution in [3.8, 4) is 11.8 Å². The maximum atomic E-state index is 8.95. The number of nitrogens with zero attached hydrogens (tertiary/aromatic N) is 1. The molecule has 0 spiro atoms. The predicted molar refractivity (Wildman–Crippen MR) is 69.2 cm³/mol. The fraction of sp³-hybridized carbons (Fsp3) is 0.357. The number of hydrogen-bond donors (Lipinski definition) is 1. The number of benzene rings is 1. The minimum atomic E-state index is 0.539. The Morgan fingerprint density at radius 1 is 1.41 bits per heavy atom. The van der Waals surface area contributed by atoms with Crippen LogP contribution in [0.15, 0.2) is 29.8 Å². The first-order chi connectivity index (χ1) is 8.22. The summed E-state index contributed by atoms with van der Waals surface area (Å²) < 4.78 is 5.53. The zero-order valence-electron chi connectivity index (χ0n) is 10.4. The van der Waals surface area contributed by atoms with Gasteiger partial charge < -0.3 is 10.5 Å². The van der Waals surface area contributed by atoms with Gasteiger partial charge in [0.05, 0.1) is 23.9 Å². The quantitative estimate of drug-likeness (QED) is 0.791. The Kier molecular flexibility index (Phi) is 5.09. The molecule has 0 bridgehead atoms. The highest BCUT2D eigenvalue weighted by atomic mass is 16.5. The van der Waals surface area contributed by atoms with Crippen molar-refractivity contribution in [3.05, 3.63) is 35.4 Å². The molecule has 0 saturated heterocycles. The molecule has 1 aromatic carbocycles. The summed E-state index contributed by atoms with van der Waals surface area (Å²) >= 11 is 0. The van der Waals surface area contributed by atoms with Crippen molar-refractivity contribution in [1.82, 2.24) is 0 Å². The molecule has 1 aromatic rings. The minimum Gasteiger partial charge on any atom is -0.494 e. The van der Waals surface area contributed by atoms with Crippen LogP contribution >= 0.6 is 0 Å². The molecule has 1 rings (SSSR count). The smallest absolute Gasteiger partial charge is 0.119 e. The van der Waals surface area contributed by atoms with Crippen molar-refractivity contribution in [3.63, 3.8) is 0 Å². The first-order valence-electron chi connectivity index (χ1n) is 5.84. The summed E-state index contributed by atoms with van der Waals surface area (Å²) in [6.07, 6.45) is 1.61. The summed E-state index contributed by atoms with van der Waals surface area (Å²) in [5, 5.41) is 8.95. The third kappa shape index (κ3) is 3.53. The number of hydrogen-bond acceptors (Lipinski definition) is 3. The molecule has 0 aromatic heterocycles. The maximum absolute atomic E-state index is 8.95. The second-order valence-electron chi connectivity index (χ2n) is 3.73. The van der Waals surface area contributed by atoms with Crippen molar-refractivity contribution in [2.75, 3.05) is 6.61 Å². The second kappa shape index (κ2) is 6.59. The van der Waals surface area contributed by atoms with Gasteiger partial charge in [0.2, 0.25) is 0 Å². The van der Waals surface area contributed by atoms with Gasteiger partial charge in [-0.1, -0.05) is 26.0 Å². The fourth-order valence-corrected chi connectivity index (χ4v) is 1.48. The van der Waals surface area contributed by atoms with Crippen molar-refractivity contribution in [2.45, 2.75) is 26.7 Å². The van der Waals surface area contributed by atoms with Gasteiger partial charge in [0.25, 0.3) is 0 Å². The van der Waals surface area contributed by atoms with Crippen LogP contribution in [0.2, 0.25) is 0 Å². The van der Waals surface area contributed by atoms with Gasteiger partial charge in [-0.05, 0) is 25.0 Å². The van der Waals surface area contributed by atoms with E-state index in [4.69, 9.17) is 15.7 Å². The third-order valence-electron chi connectivity index (χ3n) is 2.43. The molecule has 0 heterocycles. The molecule has 0 saturated carbocycles. The van der Waals surface area contributed by atoms with E-state index in [-0.39, 0.29) is 0 Å². The van der Waals surface area contributed by atoms with E-state index in [9.17, 15) is 0 Å². The molecule has 0 radical (unpaired) electrons. The molecule has 0 unspecified atom stereocenters. The van der Waals surface area contributed by atoms with Crippen LogP contribution in [0.5, 0.6) is 5.75 Å². The van der Waals surface area contributed by atoms with Gasteiger partial charge in [-0.15, -0.1) is 0 Å². The molecule has 0 atom stereocenters. The van der Waals surface area contributed by atoms with Gasteiger partial charge >= 0.3 is 0 Å². The standard InChI is InChI=1S/C14H18N2O/c1-3-8-17-13-7-5-6-12(9-13)14(16)11(4-2)10-15/h5-7,9H,3-4,8,16H2,1-2H3/b14-11+. The van der Waals surface area contributed by atoms with Gasteiger partial charge in [-0.3, -0.25) is 0 Å². The van der Waals surface area contributed by atoms with E-state index in [1.807, 2.05) is 31.2 Å². The number of ether oxygens (including phenoxy) is 1. The summed E-state index contributed by atoms with van der Waals surface area (Å²) in [7, 11) is 0. The lowest BCUT2D eigenvalue weighted by Gasteiger charge is -2.08. The predicted octanol–water partition coefficient (Wildman–Crippen LogP) is 3.08. The zero-order valence-corrected chi connectivity index (χ0v) is 10.4. The van der Waals surface area contributed by atoms with E-state index in [2.05, 4.69) is 13.0 Å². The van der Waals surface area contributed by atoms with E-state index < -0.39 is 0 Å². The summed E-state index contributed by atoms with van der Waals surface area (Å²) in [4.78, 5) is 0. The number of nitriles is 1. The van der Waals surface area contributed by atoms with Crippen LogP contribution < -0.4 is 10.5 Å². The molecule has 0 fully saturated rings. The van der Waals surface area contributed by atoms with Crippen LogP contribution in [0, 0.1) is 11.3 Å². The highest BCUT2D eigenvalue weighted by molar-refractivity contribution is 5.69. The SMILES string of the molecule is CCCOc1cccc(/C(N)=C(\C#N)CC)c1. The van der Waals surface area contributed by atoms with Crippen molar-refractivity contribution < 1.29 is 4.74 Å². The van der Waals surface area contributed by atoms with Crippen LogP contribution in [0.4, 0.5) is 0 Å². The molecule has 0 aliphatic heterocycles. The Morgan fingerprint density at radius 3 is 2.76 bits per heavy atom. The Labute approximate surface area is 103 Å².